The molecule has 82 valence electrons. The second-order valence-electron chi connectivity index (χ2n) is 4.68. The Kier molecular flexibility index (Phi) is 3.01. The fourth-order valence-corrected chi connectivity index (χ4v) is 1.09. The Morgan fingerprint density at radius 1 is 1.57 bits per heavy atom. The molecule has 5 heteroatoms. The first-order valence-corrected chi connectivity index (χ1v) is 4.71. The summed E-state index contributed by atoms with van der Waals surface area (Å²) in [6, 6.07) is 0. The molecule has 0 bridgehead atoms. The highest BCUT2D eigenvalue weighted by molar-refractivity contribution is 5.67. The minimum Gasteiger partial charge on any atom is -0.444 e. The van der Waals surface area contributed by atoms with Gasteiger partial charge in [-0.15, -0.1) is 0 Å². The molecule has 0 unspecified atom stereocenters. The van der Waals surface area contributed by atoms with Crippen LogP contribution in [0.5, 0.6) is 0 Å². The number of aliphatic hydroxyl groups is 1. The van der Waals surface area contributed by atoms with Crippen LogP contribution in [0.15, 0.2) is 0 Å². The van der Waals surface area contributed by atoms with Crippen molar-refractivity contribution in [1.82, 2.24) is 10.6 Å². The van der Waals surface area contributed by atoms with E-state index in [4.69, 9.17) is 4.74 Å². The van der Waals surface area contributed by atoms with Crippen molar-refractivity contribution in [2.75, 3.05) is 19.6 Å². The van der Waals surface area contributed by atoms with E-state index in [1.807, 2.05) is 0 Å². The predicted molar refractivity (Wildman–Crippen MR) is 52.1 cm³/mol. The molecule has 1 rings (SSSR count). The van der Waals surface area contributed by atoms with Gasteiger partial charge in [0.25, 0.3) is 0 Å². The molecule has 0 aromatic heterocycles. The summed E-state index contributed by atoms with van der Waals surface area (Å²) in [6.07, 6.45) is -0.488. The lowest BCUT2D eigenvalue weighted by molar-refractivity contribution is -0.0128. The lowest BCUT2D eigenvalue weighted by Crippen LogP contribution is -2.64. The standard InChI is InChI=1S/C9H18N2O3/c1-8(2,3)14-7(12)11-6-9(13)4-10-5-9/h10,13H,4-6H2,1-3H3,(H,11,12). The topological polar surface area (TPSA) is 70.6 Å². The first-order valence-electron chi connectivity index (χ1n) is 4.71. The van der Waals surface area contributed by atoms with Gasteiger partial charge in [0.05, 0.1) is 6.54 Å². The highest BCUT2D eigenvalue weighted by Crippen LogP contribution is 2.10. The van der Waals surface area contributed by atoms with Crippen LogP contribution in [0, 0.1) is 0 Å². The Morgan fingerprint density at radius 3 is 2.50 bits per heavy atom. The molecular formula is C9H18N2O3. The number of carbonyl (C=O) groups excluding carboxylic acids is 1. The minimum atomic E-state index is -0.795. The summed E-state index contributed by atoms with van der Waals surface area (Å²) in [7, 11) is 0. The Labute approximate surface area is 83.8 Å². The molecule has 1 aliphatic heterocycles. The van der Waals surface area contributed by atoms with Crippen LogP contribution in [0.4, 0.5) is 4.79 Å². The molecule has 0 atom stereocenters. The van der Waals surface area contributed by atoms with E-state index in [-0.39, 0.29) is 6.54 Å². The number of alkyl carbamates (subject to hydrolysis) is 1. The lowest BCUT2D eigenvalue weighted by Gasteiger charge is -2.37. The zero-order valence-corrected chi connectivity index (χ0v) is 8.89. The number of amides is 1. The van der Waals surface area contributed by atoms with Crippen LogP contribution >= 0.6 is 0 Å². The Hall–Kier alpha value is -0.810. The van der Waals surface area contributed by atoms with E-state index in [2.05, 4.69) is 10.6 Å². The zero-order valence-electron chi connectivity index (χ0n) is 8.89. The molecule has 0 aromatic rings. The van der Waals surface area contributed by atoms with Gasteiger partial charge < -0.3 is 20.5 Å². The van der Waals surface area contributed by atoms with Crippen LogP contribution in [-0.4, -0.2) is 42.0 Å². The van der Waals surface area contributed by atoms with Gasteiger partial charge in [0.1, 0.15) is 11.2 Å². The summed E-state index contributed by atoms with van der Waals surface area (Å²) in [5.41, 5.74) is -1.29. The van der Waals surface area contributed by atoms with E-state index in [9.17, 15) is 9.90 Å². The quantitative estimate of drug-likeness (QED) is 0.582. The zero-order chi connectivity index (χ0) is 10.8. The third-order valence-corrected chi connectivity index (χ3v) is 1.87. The van der Waals surface area contributed by atoms with Gasteiger partial charge in [0.2, 0.25) is 0 Å². The Morgan fingerprint density at radius 2 is 2.14 bits per heavy atom. The molecular weight excluding hydrogens is 184 g/mol. The monoisotopic (exact) mass is 202 g/mol. The van der Waals surface area contributed by atoms with Gasteiger partial charge in [-0.25, -0.2) is 4.79 Å². The van der Waals surface area contributed by atoms with Gasteiger partial charge in [0, 0.05) is 13.1 Å². The molecule has 1 saturated heterocycles. The largest absolute Gasteiger partial charge is 0.444 e. The summed E-state index contributed by atoms with van der Waals surface area (Å²) in [5.74, 6) is 0. The van der Waals surface area contributed by atoms with Crippen LogP contribution in [0.1, 0.15) is 20.8 Å². The molecule has 0 aliphatic carbocycles. The SMILES string of the molecule is CC(C)(C)OC(=O)NCC1(O)CNC1. The van der Waals surface area contributed by atoms with Crippen molar-refractivity contribution >= 4 is 6.09 Å². The first kappa shape index (κ1) is 11.3. The maximum atomic E-state index is 11.2. The normalized spacial score (nSPS) is 19.7. The van der Waals surface area contributed by atoms with Crippen LogP contribution < -0.4 is 10.6 Å². The number of rotatable bonds is 2. The van der Waals surface area contributed by atoms with Crippen molar-refractivity contribution in [1.29, 1.82) is 0 Å². The van der Waals surface area contributed by atoms with E-state index < -0.39 is 17.3 Å². The molecule has 1 amide bonds. The Bertz CT molecular complexity index is 219. The van der Waals surface area contributed by atoms with Gasteiger partial charge >= 0.3 is 6.09 Å². The van der Waals surface area contributed by atoms with Crippen molar-refractivity contribution in [2.45, 2.75) is 32.0 Å². The van der Waals surface area contributed by atoms with Crippen molar-refractivity contribution in [3.8, 4) is 0 Å². The van der Waals surface area contributed by atoms with Crippen LogP contribution in [0.25, 0.3) is 0 Å². The van der Waals surface area contributed by atoms with Gasteiger partial charge in [-0.3, -0.25) is 0 Å². The number of β-amino-alcohol motifs (C(OH)–C–C–N with tert-alkyl or cyclic N) is 1. The van der Waals surface area contributed by atoms with Crippen molar-refractivity contribution in [3.63, 3.8) is 0 Å². The van der Waals surface area contributed by atoms with Gasteiger partial charge in [-0.1, -0.05) is 0 Å². The third-order valence-electron chi connectivity index (χ3n) is 1.87. The molecule has 1 heterocycles. The van der Waals surface area contributed by atoms with E-state index in [1.54, 1.807) is 20.8 Å². The summed E-state index contributed by atoms with van der Waals surface area (Å²) >= 11 is 0. The summed E-state index contributed by atoms with van der Waals surface area (Å²) in [6.45, 7) is 6.66. The second kappa shape index (κ2) is 3.74. The first-order chi connectivity index (χ1) is 6.31. The van der Waals surface area contributed by atoms with Crippen LogP contribution in [-0.2, 0) is 4.74 Å². The molecule has 1 fully saturated rings. The maximum Gasteiger partial charge on any atom is 0.407 e. The van der Waals surface area contributed by atoms with E-state index in [0.717, 1.165) is 0 Å². The number of ether oxygens (including phenoxy) is 1. The smallest absolute Gasteiger partial charge is 0.407 e. The van der Waals surface area contributed by atoms with E-state index in [1.165, 1.54) is 0 Å². The van der Waals surface area contributed by atoms with Crippen molar-refractivity contribution < 1.29 is 14.6 Å². The summed E-state index contributed by atoms with van der Waals surface area (Å²) in [4.78, 5) is 11.2. The number of carbonyl (C=O) groups is 1. The second-order valence-corrected chi connectivity index (χ2v) is 4.68. The highest BCUT2D eigenvalue weighted by Gasteiger charge is 2.34. The molecule has 3 N–H and O–H groups in total. The molecule has 14 heavy (non-hydrogen) atoms. The number of hydrogen-bond acceptors (Lipinski definition) is 4. The van der Waals surface area contributed by atoms with E-state index >= 15 is 0 Å². The third kappa shape index (κ3) is 3.51. The molecule has 0 saturated carbocycles. The van der Waals surface area contributed by atoms with E-state index in [0.29, 0.717) is 13.1 Å². The van der Waals surface area contributed by atoms with Gasteiger partial charge in [-0.05, 0) is 20.8 Å². The molecule has 1 aliphatic rings. The molecule has 5 nitrogen and oxygen atoms in total. The fraction of sp³-hybridized carbons (Fsp3) is 0.889. The Balaban J connectivity index is 2.21. The highest BCUT2D eigenvalue weighted by atomic mass is 16.6. The van der Waals surface area contributed by atoms with Crippen LogP contribution in [0.3, 0.4) is 0 Å². The van der Waals surface area contributed by atoms with Gasteiger partial charge in [-0.2, -0.15) is 0 Å². The molecule has 0 radical (unpaired) electrons. The van der Waals surface area contributed by atoms with Gasteiger partial charge in [0.15, 0.2) is 0 Å². The summed E-state index contributed by atoms with van der Waals surface area (Å²) < 4.78 is 5.02. The lowest BCUT2D eigenvalue weighted by atomic mass is 9.98. The van der Waals surface area contributed by atoms with Crippen LogP contribution in [0.2, 0.25) is 0 Å². The average molecular weight is 202 g/mol. The predicted octanol–water partition coefficient (Wildman–Crippen LogP) is -0.155. The average Bonchev–Trinajstić information content (AvgIpc) is 1.94. The minimum absolute atomic E-state index is 0.231. The number of nitrogens with one attached hydrogen (secondary N) is 2. The summed E-state index contributed by atoms with van der Waals surface area (Å²) in [5, 5.41) is 15.1. The molecule has 0 aromatic carbocycles. The maximum absolute atomic E-state index is 11.2. The molecule has 0 spiro atoms. The fourth-order valence-electron chi connectivity index (χ4n) is 1.09. The van der Waals surface area contributed by atoms with Crippen molar-refractivity contribution in [2.24, 2.45) is 0 Å². The number of hydrogen-bond donors (Lipinski definition) is 3. The van der Waals surface area contributed by atoms with Crippen molar-refractivity contribution in [3.05, 3.63) is 0 Å².